The predicted molar refractivity (Wildman–Crippen MR) is 61.8 cm³/mol. The van der Waals surface area contributed by atoms with Gasteiger partial charge in [-0.3, -0.25) is 0 Å². The zero-order chi connectivity index (χ0) is 10.7. The number of nitrogens with one attached hydrogen (secondary N) is 1. The highest BCUT2D eigenvalue weighted by atomic mass is 16.3. The lowest BCUT2D eigenvalue weighted by molar-refractivity contribution is 0.0276. The molecule has 88 valence electrons. The predicted octanol–water partition coefficient (Wildman–Crippen LogP) is 0.689. The molecule has 0 radical (unpaired) electrons. The van der Waals surface area contributed by atoms with Gasteiger partial charge in [0.15, 0.2) is 0 Å². The van der Waals surface area contributed by atoms with Crippen LogP contribution in [0.25, 0.3) is 0 Å². The van der Waals surface area contributed by atoms with Crippen molar-refractivity contribution in [2.75, 3.05) is 32.7 Å². The molecule has 3 unspecified atom stereocenters. The Labute approximate surface area is 92.8 Å². The molecule has 2 N–H and O–H groups in total. The van der Waals surface area contributed by atoms with E-state index in [2.05, 4.69) is 17.1 Å². The van der Waals surface area contributed by atoms with Crippen LogP contribution in [-0.4, -0.2) is 48.8 Å². The van der Waals surface area contributed by atoms with Crippen LogP contribution in [0.5, 0.6) is 0 Å². The summed E-state index contributed by atoms with van der Waals surface area (Å²) in [5.74, 6) is 1.29. The van der Waals surface area contributed by atoms with Gasteiger partial charge in [-0.15, -0.1) is 0 Å². The molecule has 0 saturated carbocycles. The summed E-state index contributed by atoms with van der Waals surface area (Å²) in [5.41, 5.74) is 0. The summed E-state index contributed by atoms with van der Waals surface area (Å²) in [6, 6.07) is 0. The van der Waals surface area contributed by atoms with E-state index in [0.29, 0.717) is 5.92 Å². The van der Waals surface area contributed by atoms with Crippen molar-refractivity contribution in [3.8, 4) is 0 Å². The summed E-state index contributed by atoms with van der Waals surface area (Å²) in [5, 5.41) is 13.1. The molecule has 2 heterocycles. The molecule has 0 spiro atoms. The number of nitrogens with zero attached hydrogens (tertiary/aromatic N) is 1. The standard InChI is InChI=1S/C12H24N2O/c1-10-8-14(6-4-12(10)15)9-11-3-2-5-13-7-11/h10-13,15H,2-9H2,1H3. The third-order valence-corrected chi connectivity index (χ3v) is 3.86. The van der Waals surface area contributed by atoms with E-state index in [1.807, 2.05) is 0 Å². The van der Waals surface area contributed by atoms with E-state index in [-0.39, 0.29) is 6.10 Å². The summed E-state index contributed by atoms with van der Waals surface area (Å²) in [6.07, 6.45) is 3.60. The van der Waals surface area contributed by atoms with Crippen LogP contribution in [-0.2, 0) is 0 Å². The summed E-state index contributed by atoms with van der Waals surface area (Å²) in [7, 11) is 0. The molecule has 2 aliphatic heterocycles. The quantitative estimate of drug-likeness (QED) is 0.707. The fourth-order valence-corrected chi connectivity index (χ4v) is 2.83. The fraction of sp³-hybridized carbons (Fsp3) is 1.00. The third kappa shape index (κ3) is 3.16. The SMILES string of the molecule is CC1CN(CC2CCCNC2)CCC1O. The highest BCUT2D eigenvalue weighted by Gasteiger charge is 2.26. The van der Waals surface area contributed by atoms with Crippen LogP contribution in [0, 0.1) is 11.8 Å². The van der Waals surface area contributed by atoms with Crippen LogP contribution in [0.15, 0.2) is 0 Å². The lowest BCUT2D eigenvalue weighted by Crippen LogP contribution is -2.46. The second-order valence-corrected chi connectivity index (χ2v) is 5.31. The first-order valence-electron chi connectivity index (χ1n) is 6.37. The van der Waals surface area contributed by atoms with Crippen molar-refractivity contribution >= 4 is 0 Å². The molecule has 2 saturated heterocycles. The van der Waals surface area contributed by atoms with Gasteiger partial charge in [0.05, 0.1) is 6.10 Å². The Morgan fingerprint density at radius 1 is 1.40 bits per heavy atom. The maximum Gasteiger partial charge on any atom is 0.0590 e. The molecule has 2 aliphatic rings. The first-order valence-corrected chi connectivity index (χ1v) is 6.37. The van der Waals surface area contributed by atoms with Gasteiger partial charge in [0, 0.05) is 19.6 Å². The highest BCUT2D eigenvalue weighted by Crippen LogP contribution is 2.19. The fourth-order valence-electron chi connectivity index (χ4n) is 2.83. The van der Waals surface area contributed by atoms with Gasteiger partial charge >= 0.3 is 0 Å². The Hall–Kier alpha value is -0.120. The van der Waals surface area contributed by atoms with E-state index in [1.165, 1.54) is 32.5 Å². The molecular weight excluding hydrogens is 188 g/mol. The van der Waals surface area contributed by atoms with E-state index in [9.17, 15) is 5.11 Å². The second-order valence-electron chi connectivity index (χ2n) is 5.31. The Balaban J connectivity index is 1.74. The van der Waals surface area contributed by atoms with Crippen molar-refractivity contribution < 1.29 is 5.11 Å². The zero-order valence-electron chi connectivity index (χ0n) is 9.78. The van der Waals surface area contributed by atoms with Crippen LogP contribution in [0.4, 0.5) is 0 Å². The average molecular weight is 212 g/mol. The minimum absolute atomic E-state index is 0.0641. The van der Waals surface area contributed by atoms with Gasteiger partial charge in [0.25, 0.3) is 0 Å². The molecule has 0 aromatic rings. The lowest BCUT2D eigenvalue weighted by Gasteiger charge is -2.37. The Kier molecular flexibility index (Phi) is 4.00. The van der Waals surface area contributed by atoms with E-state index in [0.717, 1.165) is 25.4 Å². The van der Waals surface area contributed by atoms with Crippen molar-refractivity contribution in [2.24, 2.45) is 11.8 Å². The van der Waals surface area contributed by atoms with Crippen LogP contribution in [0.2, 0.25) is 0 Å². The minimum Gasteiger partial charge on any atom is -0.393 e. The largest absolute Gasteiger partial charge is 0.393 e. The van der Waals surface area contributed by atoms with Gasteiger partial charge < -0.3 is 15.3 Å². The number of aliphatic hydroxyl groups is 1. The smallest absolute Gasteiger partial charge is 0.0590 e. The number of aliphatic hydroxyl groups excluding tert-OH is 1. The molecule has 2 rings (SSSR count). The number of likely N-dealkylation sites (tertiary alicyclic amines) is 1. The van der Waals surface area contributed by atoms with Crippen molar-refractivity contribution in [1.29, 1.82) is 0 Å². The number of piperidine rings is 2. The number of hydrogen-bond acceptors (Lipinski definition) is 3. The summed E-state index contributed by atoms with van der Waals surface area (Å²) in [4.78, 5) is 2.54. The Morgan fingerprint density at radius 2 is 2.27 bits per heavy atom. The van der Waals surface area contributed by atoms with E-state index < -0.39 is 0 Å². The van der Waals surface area contributed by atoms with Crippen LogP contribution in [0.1, 0.15) is 26.2 Å². The van der Waals surface area contributed by atoms with Crippen LogP contribution >= 0.6 is 0 Å². The normalized spacial score (nSPS) is 39.2. The van der Waals surface area contributed by atoms with Gasteiger partial charge in [-0.25, -0.2) is 0 Å². The molecule has 3 atom stereocenters. The van der Waals surface area contributed by atoms with Crippen molar-refractivity contribution in [2.45, 2.75) is 32.3 Å². The minimum atomic E-state index is -0.0641. The third-order valence-electron chi connectivity index (χ3n) is 3.86. The first-order chi connectivity index (χ1) is 7.25. The van der Waals surface area contributed by atoms with Gasteiger partial charge in [-0.2, -0.15) is 0 Å². The molecule has 0 aliphatic carbocycles. The number of hydrogen-bond donors (Lipinski definition) is 2. The zero-order valence-corrected chi connectivity index (χ0v) is 9.78. The van der Waals surface area contributed by atoms with E-state index in [1.54, 1.807) is 0 Å². The molecule has 3 nitrogen and oxygen atoms in total. The summed E-state index contributed by atoms with van der Waals surface area (Å²) in [6.45, 7) is 7.94. The molecule has 2 fully saturated rings. The molecule has 15 heavy (non-hydrogen) atoms. The first kappa shape index (κ1) is 11.4. The maximum atomic E-state index is 9.66. The van der Waals surface area contributed by atoms with Crippen molar-refractivity contribution in [3.05, 3.63) is 0 Å². The van der Waals surface area contributed by atoms with Gasteiger partial charge in [-0.05, 0) is 44.2 Å². The van der Waals surface area contributed by atoms with Crippen molar-refractivity contribution in [3.63, 3.8) is 0 Å². The monoisotopic (exact) mass is 212 g/mol. The number of rotatable bonds is 2. The van der Waals surface area contributed by atoms with Crippen LogP contribution in [0.3, 0.4) is 0 Å². The summed E-state index contributed by atoms with van der Waals surface area (Å²) < 4.78 is 0. The second kappa shape index (κ2) is 5.28. The van der Waals surface area contributed by atoms with Gasteiger partial charge in [-0.1, -0.05) is 6.92 Å². The Bertz CT molecular complexity index is 192. The molecule has 0 aromatic heterocycles. The maximum absolute atomic E-state index is 9.66. The highest BCUT2D eigenvalue weighted by molar-refractivity contribution is 4.80. The van der Waals surface area contributed by atoms with E-state index in [4.69, 9.17) is 0 Å². The van der Waals surface area contributed by atoms with Crippen molar-refractivity contribution in [1.82, 2.24) is 10.2 Å². The molecule has 3 heteroatoms. The van der Waals surface area contributed by atoms with Crippen LogP contribution < -0.4 is 5.32 Å². The molecule has 0 aromatic carbocycles. The van der Waals surface area contributed by atoms with E-state index >= 15 is 0 Å². The average Bonchev–Trinajstić information content (AvgIpc) is 2.25. The van der Waals surface area contributed by atoms with Gasteiger partial charge in [0.2, 0.25) is 0 Å². The Morgan fingerprint density at radius 3 is 2.93 bits per heavy atom. The lowest BCUT2D eigenvalue weighted by atomic mass is 9.94. The summed E-state index contributed by atoms with van der Waals surface area (Å²) >= 11 is 0. The molecular formula is C12H24N2O. The molecule has 0 amide bonds. The van der Waals surface area contributed by atoms with Gasteiger partial charge in [0.1, 0.15) is 0 Å². The topological polar surface area (TPSA) is 35.5 Å². The molecule has 0 bridgehead atoms.